The minimum Gasteiger partial charge on any atom is -0.487 e. The number of aryl methyl sites for hydroxylation is 1. The van der Waals surface area contributed by atoms with Crippen molar-refractivity contribution in [1.82, 2.24) is 0 Å². The molecular weight excluding hydrogens is 718 g/mol. The second-order valence-corrected chi connectivity index (χ2v) is 12.8. The topological polar surface area (TPSA) is 50.7 Å². The van der Waals surface area contributed by atoms with Gasteiger partial charge in [-0.05, 0) is 90.2 Å². The van der Waals surface area contributed by atoms with Crippen LogP contribution in [0.5, 0.6) is 5.75 Å². The molecule has 0 unspecified atom stereocenters. The second kappa shape index (κ2) is 12.5. The largest absolute Gasteiger partial charge is 0.487 e. The molecule has 0 saturated heterocycles. The van der Waals surface area contributed by atoms with Crippen molar-refractivity contribution in [1.29, 1.82) is 0 Å². The molecule has 1 aliphatic carbocycles. The number of hydrogen-bond donors (Lipinski definition) is 1. The van der Waals surface area contributed by atoms with Crippen LogP contribution in [-0.4, -0.2) is 12.1 Å². The molecule has 0 bridgehead atoms. The van der Waals surface area contributed by atoms with E-state index < -0.39 is 0 Å². The van der Waals surface area contributed by atoms with Crippen molar-refractivity contribution in [3.05, 3.63) is 106 Å². The van der Waals surface area contributed by atoms with Crippen molar-refractivity contribution >= 4 is 95.9 Å². The SMILES string of the molecule is O=C(Nc1ccccc1)c1c(N=Cc2cc(Br)cc(I)c2OCc2ccc(Cl)cc2Cl)sc2c1CCCC2. The molecule has 4 aromatic rings. The van der Waals surface area contributed by atoms with Crippen molar-refractivity contribution < 1.29 is 9.53 Å². The molecule has 9 heteroatoms. The van der Waals surface area contributed by atoms with E-state index in [9.17, 15) is 4.79 Å². The highest BCUT2D eigenvalue weighted by Gasteiger charge is 2.25. The van der Waals surface area contributed by atoms with Crippen LogP contribution in [0.2, 0.25) is 10.0 Å². The predicted octanol–water partition coefficient (Wildman–Crippen LogP) is 9.88. The van der Waals surface area contributed by atoms with Crippen LogP contribution in [0.25, 0.3) is 0 Å². The standard InChI is InChI=1S/C29H22BrCl2IN2O2S/c30-19-12-18(27(24(33)13-19)37-16-17-10-11-20(31)14-23(17)32)15-34-29-26(22-8-4-5-9-25(22)38-29)28(36)35-21-6-2-1-3-7-21/h1-3,6-7,10-15H,4-5,8-9,16H2,(H,35,36). The molecule has 0 radical (unpaired) electrons. The minimum atomic E-state index is -0.125. The number of aliphatic imine (C=N–C) groups is 1. The van der Waals surface area contributed by atoms with Crippen molar-refractivity contribution in [3.8, 4) is 5.75 Å². The van der Waals surface area contributed by atoms with Gasteiger partial charge in [0.25, 0.3) is 5.91 Å². The zero-order chi connectivity index (χ0) is 26.6. The Labute approximate surface area is 257 Å². The van der Waals surface area contributed by atoms with Gasteiger partial charge in [0.2, 0.25) is 0 Å². The maximum absolute atomic E-state index is 13.4. The maximum Gasteiger partial charge on any atom is 0.259 e. The monoisotopic (exact) mass is 738 g/mol. The third kappa shape index (κ3) is 6.45. The van der Waals surface area contributed by atoms with Crippen molar-refractivity contribution in [2.75, 3.05) is 5.32 Å². The molecule has 0 saturated carbocycles. The number of benzene rings is 3. The van der Waals surface area contributed by atoms with Crippen molar-refractivity contribution in [2.24, 2.45) is 4.99 Å². The van der Waals surface area contributed by atoms with Crippen LogP contribution in [0.15, 0.2) is 70.1 Å². The van der Waals surface area contributed by atoms with Crippen molar-refractivity contribution in [2.45, 2.75) is 32.3 Å². The van der Waals surface area contributed by atoms with E-state index in [-0.39, 0.29) is 12.5 Å². The van der Waals surface area contributed by atoms with E-state index in [4.69, 9.17) is 32.9 Å². The number of anilines is 1. The predicted molar refractivity (Wildman–Crippen MR) is 170 cm³/mol. The van der Waals surface area contributed by atoms with Crippen LogP contribution < -0.4 is 10.1 Å². The number of thiophene rings is 1. The number of carbonyl (C=O) groups is 1. The second-order valence-electron chi connectivity index (χ2n) is 8.80. The molecule has 0 atom stereocenters. The Morgan fingerprint density at radius 1 is 1.11 bits per heavy atom. The molecule has 1 aromatic heterocycles. The van der Waals surface area contributed by atoms with E-state index in [0.717, 1.165) is 56.1 Å². The van der Waals surface area contributed by atoms with Gasteiger partial charge in [0.15, 0.2) is 0 Å². The van der Waals surface area contributed by atoms with Gasteiger partial charge in [-0.25, -0.2) is 4.99 Å². The summed E-state index contributed by atoms with van der Waals surface area (Å²) in [6.07, 6.45) is 5.86. The van der Waals surface area contributed by atoms with E-state index in [1.54, 1.807) is 29.7 Å². The minimum absolute atomic E-state index is 0.125. The summed E-state index contributed by atoms with van der Waals surface area (Å²) in [5.41, 5.74) is 4.20. The number of hydrogen-bond acceptors (Lipinski definition) is 4. The summed E-state index contributed by atoms with van der Waals surface area (Å²) in [6, 6.07) is 18.8. The normalized spacial score (nSPS) is 12.9. The first-order valence-electron chi connectivity index (χ1n) is 12.0. The molecule has 3 aromatic carbocycles. The van der Waals surface area contributed by atoms with Crippen LogP contribution >= 0.6 is 73.1 Å². The van der Waals surface area contributed by atoms with Crippen LogP contribution in [0.1, 0.15) is 44.8 Å². The summed E-state index contributed by atoms with van der Waals surface area (Å²) in [5, 5.41) is 4.90. The molecule has 4 nitrogen and oxygen atoms in total. The molecule has 0 spiro atoms. The fourth-order valence-electron chi connectivity index (χ4n) is 4.34. The molecule has 1 amide bonds. The van der Waals surface area contributed by atoms with Gasteiger partial charge in [0, 0.05) is 42.4 Å². The Hall–Kier alpha value is -1.91. The quantitative estimate of drug-likeness (QED) is 0.152. The number of para-hydroxylation sites is 1. The highest BCUT2D eigenvalue weighted by molar-refractivity contribution is 14.1. The summed E-state index contributed by atoms with van der Waals surface area (Å²) >= 11 is 19.8. The fourth-order valence-corrected chi connectivity index (χ4v) is 7.74. The number of nitrogens with zero attached hydrogens (tertiary/aromatic N) is 1. The molecule has 1 N–H and O–H groups in total. The average Bonchev–Trinajstić information content (AvgIpc) is 3.27. The molecule has 1 heterocycles. The first-order valence-corrected chi connectivity index (χ1v) is 15.4. The summed E-state index contributed by atoms with van der Waals surface area (Å²) < 4.78 is 8.07. The molecule has 5 rings (SSSR count). The summed E-state index contributed by atoms with van der Waals surface area (Å²) in [4.78, 5) is 19.5. The number of rotatable bonds is 7. The smallest absolute Gasteiger partial charge is 0.259 e. The lowest BCUT2D eigenvalue weighted by Gasteiger charge is -2.13. The number of carbonyl (C=O) groups excluding carboxylic acids is 1. The van der Waals surface area contributed by atoms with Gasteiger partial charge in [-0.3, -0.25) is 4.79 Å². The molecule has 38 heavy (non-hydrogen) atoms. The van der Waals surface area contributed by atoms with E-state index >= 15 is 0 Å². The number of fused-ring (bicyclic) bond motifs is 1. The Morgan fingerprint density at radius 2 is 1.89 bits per heavy atom. The Bertz CT molecular complexity index is 1520. The highest BCUT2D eigenvalue weighted by Crippen LogP contribution is 2.41. The van der Waals surface area contributed by atoms with E-state index in [0.29, 0.717) is 26.4 Å². The number of halogens is 4. The summed E-state index contributed by atoms with van der Waals surface area (Å²) in [7, 11) is 0. The first kappa shape index (κ1) is 27.6. The van der Waals surface area contributed by atoms with Gasteiger partial charge < -0.3 is 10.1 Å². The molecule has 0 aliphatic heterocycles. The zero-order valence-electron chi connectivity index (χ0n) is 20.1. The van der Waals surface area contributed by atoms with Gasteiger partial charge in [0.05, 0.1) is 9.13 Å². The van der Waals surface area contributed by atoms with Gasteiger partial charge in [-0.1, -0.05) is 63.4 Å². The Kier molecular flexibility index (Phi) is 9.10. The van der Waals surface area contributed by atoms with Crippen molar-refractivity contribution in [3.63, 3.8) is 0 Å². The highest BCUT2D eigenvalue weighted by atomic mass is 127. The third-order valence-electron chi connectivity index (χ3n) is 6.16. The maximum atomic E-state index is 13.4. The fraction of sp³-hybridized carbons (Fsp3) is 0.172. The van der Waals surface area contributed by atoms with Gasteiger partial charge >= 0.3 is 0 Å². The first-order chi connectivity index (χ1) is 18.4. The van der Waals surface area contributed by atoms with Gasteiger partial charge in [0.1, 0.15) is 17.4 Å². The van der Waals surface area contributed by atoms with Gasteiger partial charge in [-0.2, -0.15) is 0 Å². The number of ether oxygens (including phenoxy) is 1. The van der Waals surface area contributed by atoms with Crippen LogP contribution in [0.3, 0.4) is 0 Å². The van der Waals surface area contributed by atoms with E-state index in [1.165, 1.54) is 4.88 Å². The van der Waals surface area contributed by atoms with Crippen LogP contribution in [-0.2, 0) is 19.4 Å². The lowest BCUT2D eigenvalue weighted by Crippen LogP contribution is -2.14. The lowest BCUT2D eigenvalue weighted by atomic mass is 9.95. The molecular formula is C29H22BrCl2IN2O2S. The molecule has 0 fully saturated rings. The summed E-state index contributed by atoms with van der Waals surface area (Å²) in [6.45, 7) is 0.284. The third-order valence-corrected chi connectivity index (χ3v) is 9.20. The Morgan fingerprint density at radius 3 is 2.68 bits per heavy atom. The molecule has 1 aliphatic rings. The summed E-state index contributed by atoms with van der Waals surface area (Å²) in [5.74, 6) is 0.570. The molecule has 194 valence electrons. The number of nitrogens with one attached hydrogen (secondary N) is 1. The van der Waals surface area contributed by atoms with E-state index in [2.05, 4.69) is 43.8 Å². The number of amides is 1. The van der Waals surface area contributed by atoms with E-state index in [1.807, 2.05) is 48.5 Å². The zero-order valence-corrected chi connectivity index (χ0v) is 26.1. The Balaban J connectivity index is 1.47. The lowest BCUT2D eigenvalue weighted by molar-refractivity contribution is 0.102. The van der Waals surface area contributed by atoms with Crippen LogP contribution in [0.4, 0.5) is 10.7 Å². The van der Waals surface area contributed by atoms with Gasteiger partial charge in [-0.15, -0.1) is 11.3 Å². The van der Waals surface area contributed by atoms with Crippen LogP contribution in [0, 0.1) is 3.57 Å². The average molecular weight is 740 g/mol.